The van der Waals surface area contributed by atoms with E-state index in [9.17, 15) is 9.59 Å². The van der Waals surface area contributed by atoms with E-state index in [0.29, 0.717) is 18.8 Å². The van der Waals surface area contributed by atoms with Crippen molar-refractivity contribution < 1.29 is 23.8 Å². The van der Waals surface area contributed by atoms with Gasteiger partial charge in [-0.2, -0.15) is 0 Å². The lowest BCUT2D eigenvalue weighted by atomic mass is 9.93. The predicted octanol–water partition coefficient (Wildman–Crippen LogP) is 2.60. The SMILES string of the molecule is CCOC(=O)[C@@H](C)Oc1ccc2cc(C[C@@](C)(N)C(=O)OC)ccc2c1. The molecule has 0 amide bonds. The van der Waals surface area contributed by atoms with Crippen LogP contribution in [0.3, 0.4) is 0 Å². The van der Waals surface area contributed by atoms with Gasteiger partial charge in [0.2, 0.25) is 0 Å². The first kappa shape index (κ1) is 19.7. The smallest absolute Gasteiger partial charge is 0.347 e. The number of rotatable bonds is 7. The molecule has 0 spiro atoms. The highest BCUT2D eigenvalue weighted by Crippen LogP contribution is 2.24. The highest BCUT2D eigenvalue weighted by atomic mass is 16.6. The van der Waals surface area contributed by atoms with E-state index < -0.39 is 23.6 Å². The van der Waals surface area contributed by atoms with Gasteiger partial charge in [0.15, 0.2) is 6.10 Å². The summed E-state index contributed by atoms with van der Waals surface area (Å²) < 4.78 is 15.3. The number of ether oxygens (including phenoxy) is 3. The Bertz CT molecular complexity index is 800. The number of carbonyl (C=O) groups excluding carboxylic acids is 2. The first-order valence-corrected chi connectivity index (χ1v) is 8.50. The van der Waals surface area contributed by atoms with Crippen molar-refractivity contribution in [3.63, 3.8) is 0 Å². The van der Waals surface area contributed by atoms with E-state index in [0.717, 1.165) is 16.3 Å². The number of carbonyl (C=O) groups is 2. The van der Waals surface area contributed by atoms with Crippen LogP contribution in [0.1, 0.15) is 26.3 Å². The van der Waals surface area contributed by atoms with Crippen LogP contribution in [0.4, 0.5) is 0 Å². The van der Waals surface area contributed by atoms with Crippen LogP contribution in [0.5, 0.6) is 5.75 Å². The summed E-state index contributed by atoms with van der Waals surface area (Å²) >= 11 is 0. The summed E-state index contributed by atoms with van der Waals surface area (Å²) in [5.74, 6) is -0.258. The molecule has 0 aliphatic rings. The van der Waals surface area contributed by atoms with Gasteiger partial charge in [0.05, 0.1) is 13.7 Å². The Kier molecular flexibility index (Phi) is 6.21. The largest absolute Gasteiger partial charge is 0.479 e. The van der Waals surface area contributed by atoms with E-state index in [2.05, 4.69) is 0 Å². The molecule has 2 N–H and O–H groups in total. The Morgan fingerprint density at radius 3 is 2.46 bits per heavy atom. The average Bonchev–Trinajstić information content (AvgIpc) is 2.60. The van der Waals surface area contributed by atoms with E-state index >= 15 is 0 Å². The standard InChI is InChI=1S/C20H25NO5/c1-5-25-18(22)13(2)26-17-9-8-15-10-14(6-7-16(15)11-17)12-20(3,21)19(23)24-4/h6-11,13H,5,12,21H2,1-4H3/t13-,20-/m1/s1. The zero-order chi connectivity index (χ0) is 19.3. The van der Waals surface area contributed by atoms with Crippen LogP contribution >= 0.6 is 0 Å². The van der Waals surface area contributed by atoms with E-state index in [1.54, 1.807) is 26.8 Å². The minimum Gasteiger partial charge on any atom is -0.479 e. The molecular weight excluding hydrogens is 334 g/mol. The number of esters is 2. The maximum Gasteiger partial charge on any atom is 0.347 e. The summed E-state index contributed by atoms with van der Waals surface area (Å²) in [6, 6.07) is 11.4. The molecule has 0 fully saturated rings. The van der Waals surface area contributed by atoms with Gasteiger partial charge in [-0.05, 0) is 49.2 Å². The van der Waals surface area contributed by atoms with Crippen molar-refractivity contribution in [2.75, 3.05) is 13.7 Å². The molecule has 2 aromatic rings. The molecule has 0 saturated heterocycles. The monoisotopic (exact) mass is 359 g/mol. The van der Waals surface area contributed by atoms with Gasteiger partial charge in [-0.25, -0.2) is 4.79 Å². The first-order chi connectivity index (χ1) is 12.3. The molecule has 2 rings (SSSR count). The van der Waals surface area contributed by atoms with Gasteiger partial charge in [0.1, 0.15) is 11.3 Å². The van der Waals surface area contributed by atoms with E-state index in [1.807, 2.05) is 30.3 Å². The maximum absolute atomic E-state index is 11.7. The number of nitrogens with two attached hydrogens (primary N) is 1. The Morgan fingerprint density at radius 2 is 1.81 bits per heavy atom. The second kappa shape index (κ2) is 8.19. The van der Waals surface area contributed by atoms with E-state index in [4.69, 9.17) is 19.9 Å². The average molecular weight is 359 g/mol. The molecule has 0 aromatic heterocycles. The van der Waals surface area contributed by atoms with Crippen molar-refractivity contribution in [3.8, 4) is 5.75 Å². The third-order valence-electron chi connectivity index (χ3n) is 4.03. The maximum atomic E-state index is 11.7. The summed E-state index contributed by atoms with van der Waals surface area (Å²) in [5, 5.41) is 1.94. The second-order valence-corrected chi connectivity index (χ2v) is 6.44. The molecule has 0 saturated carbocycles. The Hall–Kier alpha value is -2.60. The van der Waals surface area contributed by atoms with Gasteiger partial charge < -0.3 is 19.9 Å². The van der Waals surface area contributed by atoms with Crippen molar-refractivity contribution in [1.82, 2.24) is 0 Å². The van der Waals surface area contributed by atoms with Gasteiger partial charge in [-0.1, -0.05) is 24.3 Å². The molecule has 0 aliphatic heterocycles. The predicted molar refractivity (Wildman–Crippen MR) is 99.0 cm³/mol. The van der Waals surface area contributed by atoms with Crippen LogP contribution < -0.4 is 10.5 Å². The zero-order valence-electron chi connectivity index (χ0n) is 15.6. The van der Waals surface area contributed by atoms with Gasteiger partial charge >= 0.3 is 11.9 Å². The Balaban J connectivity index is 2.17. The van der Waals surface area contributed by atoms with Crippen molar-refractivity contribution in [3.05, 3.63) is 42.0 Å². The van der Waals surface area contributed by atoms with Gasteiger partial charge in [0.25, 0.3) is 0 Å². The molecule has 26 heavy (non-hydrogen) atoms. The highest BCUT2D eigenvalue weighted by Gasteiger charge is 2.29. The molecule has 6 nitrogen and oxygen atoms in total. The minimum absolute atomic E-state index is 0.318. The van der Waals surface area contributed by atoms with Crippen LogP contribution in [0.25, 0.3) is 10.8 Å². The van der Waals surface area contributed by atoms with Crippen LogP contribution in [0.15, 0.2) is 36.4 Å². The van der Waals surface area contributed by atoms with Crippen LogP contribution in [0, 0.1) is 0 Å². The van der Waals surface area contributed by atoms with Crippen molar-refractivity contribution >= 4 is 22.7 Å². The number of methoxy groups -OCH3 is 1. The third-order valence-corrected chi connectivity index (χ3v) is 4.03. The Labute approximate surface area is 153 Å². The molecule has 0 aliphatic carbocycles. The molecule has 0 unspecified atom stereocenters. The summed E-state index contributed by atoms with van der Waals surface area (Å²) in [4.78, 5) is 23.4. The molecule has 2 atom stereocenters. The number of benzene rings is 2. The van der Waals surface area contributed by atoms with Gasteiger partial charge in [0, 0.05) is 6.42 Å². The van der Waals surface area contributed by atoms with Crippen molar-refractivity contribution in [1.29, 1.82) is 0 Å². The number of hydrogen-bond acceptors (Lipinski definition) is 6. The van der Waals surface area contributed by atoms with Gasteiger partial charge in [-0.3, -0.25) is 4.79 Å². The number of hydrogen-bond donors (Lipinski definition) is 1. The zero-order valence-corrected chi connectivity index (χ0v) is 15.6. The van der Waals surface area contributed by atoms with Crippen LogP contribution in [0.2, 0.25) is 0 Å². The molecule has 0 bridgehead atoms. The Morgan fingerprint density at radius 1 is 1.15 bits per heavy atom. The first-order valence-electron chi connectivity index (χ1n) is 8.50. The fourth-order valence-electron chi connectivity index (χ4n) is 2.70. The second-order valence-electron chi connectivity index (χ2n) is 6.44. The lowest BCUT2D eigenvalue weighted by Gasteiger charge is -2.21. The van der Waals surface area contributed by atoms with E-state index in [1.165, 1.54) is 7.11 Å². The molecule has 2 aromatic carbocycles. The summed E-state index contributed by atoms with van der Waals surface area (Å²) in [5.41, 5.74) is 5.89. The summed E-state index contributed by atoms with van der Waals surface area (Å²) in [7, 11) is 1.33. The van der Waals surface area contributed by atoms with Crippen molar-refractivity contribution in [2.45, 2.75) is 38.8 Å². The lowest BCUT2D eigenvalue weighted by Crippen LogP contribution is -2.47. The quantitative estimate of drug-likeness (QED) is 0.765. The van der Waals surface area contributed by atoms with Crippen LogP contribution in [-0.2, 0) is 25.5 Å². The topological polar surface area (TPSA) is 87.9 Å². The van der Waals surface area contributed by atoms with E-state index in [-0.39, 0.29) is 0 Å². The molecule has 6 heteroatoms. The molecule has 0 heterocycles. The molecule has 0 radical (unpaired) electrons. The number of fused-ring (bicyclic) bond motifs is 1. The van der Waals surface area contributed by atoms with Gasteiger partial charge in [-0.15, -0.1) is 0 Å². The molecule has 140 valence electrons. The highest BCUT2D eigenvalue weighted by molar-refractivity contribution is 5.85. The molecular formula is C20H25NO5. The summed E-state index contributed by atoms with van der Waals surface area (Å²) in [6.07, 6.45) is -0.307. The fraction of sp³-hybridized carbons (Fsp3) is 0.400. The summed E-state index contributed by atoms with van der Waals surface area (Å²) in [6.45, 7) is 5.38. The van der Waals surface area contributed by atoms with Crippen molar-refractivity contribution in [2.24, 2.45) is 5.73 Å². The normalized spacial score (nSPS) is 14.3. The minimum atomic E-state index is -1.08. The lowest BCUT2D eigenvalue weighted by molar-refractivity contribution is -0.150. The fourth-order valence-corrected chi connectivity index (χ4v) is 2.70. The van der Waals surface area contributed by atoms with Crippen LogP contribution in [-0.4, -0.2) is 37.3 Å². The third kappa shape index (κ3) is 4.73.